The van der Waals surface area contributed by atoms with Gasteiger partial charge in [-0.15, -0.1) is 0 Å². The quantitative estimate of drug-likeness (QED) is 0.674. The normalized spacial score (nSPS) is 9.05. The molecule has 94 valence electrons. The number of nitriles is 3. The molecule has 0 saturated carbocycles. The molecule has 0 radical (unpaired) electrons. The molecule has 0 fully saturated rings. The van der Waals surface area contributed by atoms with Gasteiger partial charge in [0.2, 0.25) is 0 Å². The van der Waals surface area contributed by atoms with Gasteiger partial charge in [0.25, 0.3) is 5.76 Å². The Labute approximate surface area is 112 Å². The van der Waals surface area contributed by atoms with Gasteiger partial charge in [-0.2, -0.15) is 24.6 Å². The summed E-state index contributed by atoms with van der Waals surface area (Å²) in [6.45, 7) is 0. The molecule has 0 spiro atoms. The Morgan fingerprint density at radius 1 is 1.05 bits per heavy atom. The van der Waals surface area contributed by atoms with E-state index in [0.29, 0.717) is 22.3 Å². The number of benzene rings is 1. The van der Waals surface area contributed by atoms with Gasteiger partial charge in [0.05, 0.1) is 0 Å². The van der Waals surface area contributed by atoms with Crippen molar-refractivity contribution in [1.29, 1.82) is 15.8 Å². The summed E-state index contributed by atoms with van der Waals surface area (Å²) in [7, 11) is 0. The lowest BCUT2D eigenvalue weighted by atomic mass is 10.2. The maximum absolute atomic E-state index is 12.1. The Balaban J connectivity index is 2.90. The predicted octanol–water partition coefficient (Wildman–Crippen LogP) is 3.24. The second kappa shape index (κ2) is 7.00. The summed E-state index contributed by atoms with van der Waals surface area (Å²) >= 11 is 0.404. The van der Waals surface area contributed by atoms with E-state index in [9.17, 15) is 8.78 Å². The highest BCUT2D eigenvalue weighted by Crippen LogP contribution is 2.26. The van der Waals surface area contributed by atoms with E-state index in [2.05, 4.69) is 5.32 Å². The first-order valence-corrected chi connectivity index (χ1v) is 5.75. The maximum atomic E-state index is 12.1. The van der Waals surface area contributed by atoms with Crippen molar-refractivity contribution in [3.63, 3.8) is 0 Å². The first-order chi connectivity index (χ1) is 9.10. The van der Waals surface area contributed by atoms with Crippen molar-refractivity contribution in [2.45, 2.75) is 10.7 Å². The van der Waals surface area contributed by atoms with E-state index in [4.69, 9.17) is 15.8 Å². The van der Waals surface area contributed by atoms with Crippen molar-refractivity contribution in [3.05, 3.63) is 35.5 Å². The van der Waals surface area contributed by atoms with Crippen molar-refractivity contribution < 1.29 is 8.78 Å². The lowest BCUT2D eigenvalue weighted by Crippen LogP contribution is -2.00. The molecule has 0 aromatic heterocycles. The summed E-state index contributed by atoms with van der Waals surface area (Å²) < 4.78 is 24.2. The predicted molar refractivity (Wildman–Crippen MR) is 65.8 cm³/mol. The molecule has 4 nitrogen and oxygen atoms in total. The van der Waals surface area contributed by atoms with E-state index in [1.165, 1.54) is 24.3 Å². The summed E-state index contributed by atoms with van der Waals surface area (Å²) in [6.07, 6.45) is 0. The van der Waals surface area contributed by atoms with Crippen molar-refractivity contribution in [3.8, 4) is 18.2 Å². The molecule has 0 saturated heterocycles. The van der Waals surface area contributed by atoms with Gasteiger partial charge in [0, 0.05) is 10.6 Å². The largest absolute Gasteiger partial charge is 0.345 e. The molecule has 7 heteroatoms. The van der Waals surface area contributed by atoms with Gasteiger partial charge in [0.1, 0.15) is 23.9 Å². The zero-order valence-electron chi connectivity index (χ0n) is 9.39. The van der Waals surface area contributed by atoms with Crippen molar-refractivity contribution in [2.75, 3.05) is 5.32 Å². The number of hydrogen-bond donors (Lipinski definition) is 1. The number of anilines is 1. The number of nitrogens with one attached hydrogen (secondary N) is 1. The summed E-state index contributed by atoms with van der Waals surface area (Å²) in [6, 6.07) is 10.7. The lowest BCUT2D eigenvalue weighted by molar-refractivity contribution is 0.252. The Morgan fingerprint density at radius 2 is 1.63 bits per heavy atom. The third kappa shape index (κ3) is 4.31. The molecular weight excluding hydrogens is 270 g/mol. The Bertz CT molecular complexity index is 587. The molecule has 0 amide bonds. The first kappa shape index (κ1) is 14.5. The summed E-state index contributed by atoms with van der Waals surface area (Å²) in [5, 5.41) is 28.7. The highest BCUT2D eigenvalue weighted by Gasteiger charge is 2.07. The molecule has 0 aliphatic heterocycles. The van der Waals surface area contributed by atoms with Gasteiger partial charge in [-0.25, -0.2) is 0 Å². The van der Waals surface area contributed by atoms with Gasteiger partial charge >= 0.3 is 0 Å². The minimum absolute atomic E-state index is 0.181. The number of thioether (sulfide) groups is 1. The van der Waals surface area contributed by atoms with Gasteiger partial charge in [-0.05, 0) is 24.3 Å². The molecule has 0 aliphatic carbocycles. The minimum atomic E-state index is -2.50. The van der Waals surface area contributed by atoms with E-state index in [-0.39, 0.29) is 11.3 Å². The Kier molecular flexibility index (Phi) is 5.35. The highest BCUT2D eigenvalue weighted by atomic mass is 32.2. The van der Waals surface area contributed by atoms with Crippen LogP contribution in [0.1, 0.15) is 0 Å². The van der Waals surface area contributed by atoms with Crippen molar-refractivity contribution in [2.24, 2.45) is 0 Å². The van der Waals surface area contributed by atoms with Crippen LogP contribution in [0.2, 0.25) is 0 Å². The number of alkyl halides is 2. The molecule has 1 rings (SSSR count). The molecule has 0 unspecified atom stereocenters. The van der Waals surface area contributed by atoms with Crippen LogP contribution in [0.25, 0.3) is 0 Å². The molecule has 0 heterocycles. The van der Waals surface area contributed by atoms with E-state index in [1.807, 2.05) is 0 Å². The van der Waals surface area contributed by atoms with Crippen LogP contribution in [0.4, 0.5) is 14.5 Å². The molecule has 0 bridgehead atoms. The van der Waals surface area contributed by atoms with Gasteiger partial charge in [0.15, 0.2) is 5.57 Å². The zero-order chi connectivity index (χ0) is 14.3. The van der Waals surface area contributed by atoms with Crippen LogP contribution in [0.15, 0.2) is 40.4 Å². The fraction of sp³-hybridized carbons (Fsp3) is 0.0833. The smallest absolute Gasteiger partial charge is 0.288 e. The monoisotopic (exact) mass is 276 g/mol. The standard InChI is InChI=1S/C12H6F2N4S/c13-12(14)19-10-3-1-9(2-4-10)18-11(7-17)8(5-15)6-16/h1-4,12,18H. The van der Waals surface area contributed by atoms with Crippen LogP contribution >= 0.6 is 11.8 Å². The van der Waals surface area contributed by atoms with E-state index in [0.717, 1.165) is 0 Å². The van der Waals surface area contributed by atoms with E-state index in [1.54, 1.807) is 18.2 Å². The topological polar surface area (TPSA) is 83.4 Å². The van der Waals surface area contributed by atoms with Crippen LogP contribution in [-0.4, -0.2) is 5.76 Å². The summed E-state index contributed by atoms with van der Waals surface area (Å²) in [4.78, 5) is 0.379. The maximum Gasteiger partial charge on any atom is 0.288 e. The van der Waals surface area contributed by atoms with E-state index < -0.39 is 5.76 Å². The Morgan fingerprint density at radius 3 is 2.05 bits per heavy atom. The highest BCUT2D eigenvalue weighted by molar-refractivity contribution is 7.99. The minimum Gasteiger partial charge on any atom is -0.345 e. The average molecular weight is 276 g/mol. The number of hydrogen-bond acceptors (Lipinski definition) is 5. The van der Waals surface area contributed by atoms with Gasteiger partial charge in [-0.3, -0.25) is 0 Å². The summed E-state index contributed by atoms with van der Waals surface area (Å²) in [5.74, 6) is -2.50. The van der Waals surface area contributed by atoms with Crippen molar-refractivity contribution in [1.82, 2.24) is 0 Å². The average Bonchev–Trinajstić information content (AvgIpc) is 2.40. The molecular formula is C12H6F2N4S. The van der Waals surface area contributed by atoms with Crippen LogP contribution in [0.5, 0.6) is 0 Å². The van der Waals surface area contributed by atoms with Gasteiger partial charge < -0.3 is 5.32 Å². The molecule has 1 aromatic carbocycles. The van der Waals surface area contributed by atoms with E-state index >= 15 is 0 Å². The summed E-state index contributed by atoms with van der Waals surface area (Å²) in [5.41, 5.74) is -0.0917. The fourth-order valence-corrected chi connectivity index (χ4v) is 1.65. The van der Waals surface area contributed by atoms with Crippen LogP contribution < -0.4 is 5.32 Å². The lowest BCUT2D eigenvalue weighted by Gasteiger charge is -2.05. The second-order valence-electron chi connectivity index (χ2n) is 3.11. The molecule has 19 heavy (non-hydrogen) atoms. The molecule has 0 atom stereocenters. The number of allylic oxidation sites excluding steroid dienone is 2. The van der Waals surface area contributed by atoms with Crippen LogP contribution in [-0.2, 0) is 0 Å². The third-order valence-corrected chi connectivity index (χ3v) is 2.66. The number of halogens is 2. The zero-order valence-corrected chi connectivity index (χ0v) is 10.2. The van der Waals surface area contributed by atoms with Crippen LogP contribution in [0.3, 0.4) is 0 Å². The fourth-order valence-electron chi connectivity index (χ4n) is 1.15. The first-order valence-electron chi connectivity index (χ1n) is 4.87. The molecule has 0 aliphatic rings. The molecule has 1 aromatic rings. The second-order valence-corrected chi connectivity index (χ2v) is 4.18. The Hall–Kier alpha value is -2.56. The van der Waals surface area contributed by atoms with Crippen molar-refractivity contribution >= 4 is 17.4 Å². The number of rotatable bonds is 4. The number of nitrogens with zero attached hydrogens (tertiary/aromatic N) is 3. The molecule has 1 N–H and O–H groups in total. The SMILES string of the molecule is N#CC(C#N)=C(C#N)Nc1ccc(SC(F)F)cc1. The van der Waals surface area contributed by atoms with Gasteiger partial charge in [-0.1, -0.05) is 11.8 Å². The van der Waals surface area contributed by atoms with Crippen LogP contribution in [0, 0.1) is 34.0 Å². The third-order valence-electron chi connectivity index (χ3n) is 1.93.